The molecular weight excluding hydrogens is 191 g/mol. The van der Waals surface area contributed by atoms with Crippen LogP contribution in [0.25, 0.3) is 0 Å². The van der Waals surface area contributed by atoms with Crippen LogP contribution in [0.1, 0.15) is 13.8 Å². The fourth-order valence-electron chi connectivity index (χ4n) is 0.122. The number of aliphatic hydroxyl groups excluding tert-OH is 1. The van der Waals surface area contributed by atoms with Crippen LogP contribution in [0.2, 0.25) is 0 Å². The van der Waals surface area contributed by atoms with Crippen molar-refractivity contribution in [3.63, 3.8) is 0 Å². The smallest absolute Gasteiger partial charge is 0.327 e. The summed E-state index contributed by atoms with van der Waals surface area (Å²) >= 11 is 0. The van der Waals surface area contributed by atoms with Crippen LogP contribution >= 0.6 is 8.60 Å². The molecule has 0 aliphatic rings. The first-order valence-corrected chi connectivity index (χ1v) is 4.82. The Labute approximate surface area is 81.2 Å². The first kappa shape index (κ1) is 18.5. The predicted molar refractivity (Wildman–Crippen MR) is 56.1 cm³/mol. The molecule has 3 N–H and O–H groups in total. The molecule has 80 valence electrons. The van der Waals surface area contributed by atoms with Crippen LogP contribution in [0.4, 0.5) is 0 Å². The summed E-state index contributed by atoms with van der Waals surface area (Å²) in [5.74, 6) is 0. The SMILES string of the molecule is C=CC.C=CC.OCCOP(O)O. The van der Waals surface area contributed by atoms with E-state index in [-0.39, 0.29) is 13.2 Å². The molecule has 0 fully saturated rings. The minimum absolute atomic E-state index is 0.0152. The summed E-state index contributed by atoms with van der Waals surface area (Å²) in [6.07, 6.45) is 3.50. The molecule has 0 heterocycles. The minimum Gasteiger partial charge on any atom is -0.394 e. The van der Waals surface area contributed by atoms with Gasteiger partial charge < -0.3 is 19.4 Å². The number of hydrogen-bond donors (Lipinski definition) is 3. The summed E-state index contributed by atoms with van der Waals surface area (Å²) in [6.45, 7) is 10.3. The van der Waals surface area contributed by atoms with Crippen LogP contribution in [0.5, 0.6) is 0 Å². The highest BCUT2D eigenvalue weighted by Crippen LogP contribution is 2.22. The van der Waals surface area contributed by atoms with Crippen molar-refractivity contribution in [2.24, 2.45) is 0 Å². The molecule has 0 aliphatic heterocycles. The maximum absolute atomic E-state index is 7.98. The lowest BCUT2D eigenvalue weighted by molar-refractivity contribution is 0.181. The van der Waals surface area contributed by atoms with Gasteiger partial charge in [-0.2, -0.15) is 0 Å². The van der Waals surface area contributed by atoms with E-state index in [1.54, 1.807) is 12.2 Å². The van der Waals surface area contributed by atoms with Gasteiger partial charge in [-0.3, -0.25) is 0 Å². The molecule has 0 saturated heterocycles. The molecule has 0 rings (SSSR count). The molecule has 0 atom stereocenters. The zero-order chi connectivity index (χ0) is 11.1. The van der Waals surface area contributed by atoms with E-state index in [9.17, 15) is 0 Å². The molecule has 0 aromatic rings. The number of aliphatic hydroxyl groups is 1. The Balaban J connectivity index is -0.000000140. The van der Waals surface area contributed by atoms with Gasteiger partial charge in [0.15, 0.2) is 0 Å². The van der Waals surface area contributed by atoms with Gasteiger partial charge in [-0.25, -0.2) is 0 Å². The van der Waals surface area contributed by atoms with Crippen LogP contribution in [0.3, 0.4) is 0 Å². The normalized spacial score (nSPS) is 7.54. The van der Waals surface area contributed by atoms with Crippen LogP contribution < -0.4 is 0 Å². The fraction of sp³-hybridized carbons (Fsp3) is 0.500. The molecule has 0 aromatic heterocycles. The van der Waals surface area contributed by atoms with Crippen molar-refractivity contribution >= 4 is 8.60 Å². The summed E-state index contributed by atoms with van der Waals surface area (Å²) in [5.41, 5.74) is 0. The fourth-order valence-corrected chi connectivity index (χ4v) is 0.367. The van der Waals surface area contributed by atoms with Crippen LogP contribution in [-0.4, -0.2) is 28.1 Å². The van der Waals surface area contributed by atoms with Crippen molar-refractivity contribution in [3.8, 4) is 0 Å². The van der Waals surface area contributed by atoms with E-state index in [2.05, 4.69) is 17.7 Å². The molecular formula is C8H19O4P. The Hall–Kier alpha value is -0.250. The lowest BCUT2D eigenvalue weighted by Gasteiger charge is -1.97. The van der Waals surface area contributed by atoms with Gasteiger partial charge in [0.25, 0.3) is 0 Å². The molecule has 0 aromatic carbocycles. The van der Waals surface area contributed by atoms with Gasteiger partial charge in [-0.05, 0) is 13.8 Å². The van der Waals surface area contributed by atoms with Crippen LogP contribution in [0, 0.1) is 0 Å². The zero-order valence-corrected chi connectivity index (χ0v) is 9.07. The first-order valence-electron chi connectivity index (χ1n) is 3.66. The minimum atomic E-state index is -2.27. The summed E-state index contributed by atoms with van der Waals surface area (Å²) < 4.78 is 4.12. The van der Waals surface area contributed by atoms with Gasteiger partial charge in [0.1, 0.15) is 0 Å². The third kappa shape index (κ3) is 79.4. The van der Waals surface area contributed by atoms with E-state index in [1.165, 1.54) is 0 Å². The molecule has 4 nitrogen and oxygen atoms in total. The summed E-state index contributed by atoms with van der Waals surface area (Å²) in [5, 5.41) is 7.98. The van der Waals surface area contributed by atoms with E-state index in [0.29, 0.717) is 0 Å². The molecule has 0 bridgehead atoms. The van der Waals surface area contributed by atoms with E-state index in [1.807, 2.05) is 13.8 Å². The summed E-state index contributed by atoms with van der Waals surface area (Å²) in [4.78, 5) is 15.9. The van der Waals surface area contributed by atoms with Crippen molar-refractivity contribution in [3.05, 3.63) is 25.3 Å². The second kappa shape index (κ2) is 22.6. The molecule has 5 heteroatoms. The molecule has 0 amide bonds. The number of rotatable bonds is 3. The Morgan fingerprint density at radius 3 is 1.62 bits per heavy atom. The van der Waals surface area contributed by atoms with E-state index < -0.39 is 8.60 Å². The zero-order valence-electron chi connectivity index (χ0n) is 8.18. The number of hydrogen-bond acceptors (Lipinski definition) is 4. The number of allylic oxidation sites excluding steroid dienone is 2. The van der Waals surface area contributed by atoms with Gasteiger partial charge in [0.2, 0.25) is 0 Å². The van der Waals surface area contributed by atoms with Gasteiger partial charge in [0, 0.05) is 0 Å². The highest BCUT2D eigenvalue weighted by atomic mass is 31.2. The monoisotopic (exact) mass is 210 g/mol. The molecule has 0 spiro atoms. The lowest BCUT2D eigenvalue weighted by Crippen LogP contribution is -1.92. The molecule has 0 saturated carbocycles. The Morgan fingerprint density at radius 2 is 1.54 bits per heavy atom. The van der Waals surface area contributed by atoms with Crippen molar-refractivity contribution in [2.75, 3.05) is 13.2 Å². The molecule has 0 radical (unpaired) electrons. The molecule has 0 unspecified atom stereocenters. The van der Waals surface area contributed by atoms with Gasteiger partial charge in [-0.15, -0.1) is 13.2 Å². The second-order valence-corrected chi connectivity index (χ2v) is 2.39. The van der Waals surface area contributed by atoms with Crippen molar-refractivity contribution < 1.29 is 19.4 Å². The lowest BCUT2D eigenvalue weighted by atomic mass is 10.8. The molecule has 0 aliphatic carbocycles. The van der Waals surface area contributed by atoms with E-state index in [4.69, 9.17) is 14.9 Å². The van der Waals surface area contributed by atoms with E-state index in [0.717, 1.165) is 0 Å². The van der Waals surface area contributed by atoms with Crippen LogP contribution in [0.15, 0.2) is 25.3 Å². The molecule has 13 heavy (non-hydrogen) atoms. The third-order valence-electron chi connectivity index (χ3n) is 0.298. The summed E-state index contributed by atoms with van der Waals surface area (Å²) in [6, 6.07) is 0. The third-order valence-corrected chi connectivity index (χ3v) is 0.712. The topological polar surface area (TPSA) is 69.9 Å². The van der Waals surface area contributed by atoms with Gasteiger partial charge in [0.05, 0.1) is 13.2 Å². The average Bonchev–Trinajstić information content (AvgIpc) is 2.04. The quantitative estimate of drug-likeness (QED) is 0.488. The maximum Gasteiger partial charge on any atom is 0.327 e. The van der Waals surface area contributed by atoms with E-state index >= 15 is 0 Å². The largest absolute Gasteiger partial charge is 0.394 e. The predicted octanol–water partition coefficient (Wildman–Crippen LogP) is 1.59. The first-order chi connectivity index (χ1) is 6.10. The summed E-state index contributed by atoms with van der Waals surface area (Å²) in [7, 11) is -2.27. The van der Waals surface area contributed by atoms with Crippen LogP contribution in [-0.2, 0) is 4.52 Å². The highest BCUT2D eigenvalue weighted by molar-refractivity contribution is 7.39. The highest BCUT2D eigenvalue weighted by Gasteiger charge is 1.94. The standard InChI is InChI=1S/2C3H6.C2H7O4P/c2*1-3-2;3-1-2-6-7(4)5/h2*3H,1H2,2H3;3-5H,1-2H2. The Bertz CT molecular complexity index is 90.1. The van der Waals surface area contributed by atoms with Crippen molar-refractivity contribution in [1.82, 2.24) is 0 Å². The average molecular weight is 210 g/mol. The maximum atomic E-state index is 7.98. The van der Waals surface area contributed by atoms with Crippen molar-refractivity contribution in [2.45, 2.75) is 13.8 Å². The van der Waals surface area contributed by atoms with Crippen molar-refractivity contribution in [1.29, 1.82) is 0 Å². The van der Waals surface area contributed by atoms with Gasteiger partial charge >= 0.3 is 8.60 Å². The Morgan fingerprint density at radius 1 is 1.23 bits per heavy atom. The Kier molecular flexibility index (Phi) is 32.2. The van der Waals surface area contributed by atoms with Gasteiger partial charge in [-0.1, -0.05) is 12.2 Å². The second-order valence-electron chi connectivity index (χ2n) is 1.63.